The number of hydrogen-bond acceptors (Lipinski definition) is 4. The normalized spacial score (nSPS) is 15.6. The number of piperidine rings is 1. The minimum atomic E-state index is -3.56. The first-order chi connectivity index (χ1) is 13.5. The van der Waals surface area contributed by atoms with Crippen LogP contribution in [-0.4, -0.2) is 31.7 Å². The van der Waals surface area contributed by atoms with Crippen LogP contribution >= 0.6 is 0 Å². The molecule has 1 fully saturated rings. The Morgan fingerprint density at radius 1 is 1.04 bits per heavy atom. The maximum Gasteiger partial charge on any atom is 0.291 e. The molecule has 1 N–H and O–H groups in total. The van der Waals surface area contributed by atoms with Gasteiger partial charge in [0.15, 0.2) is 5.76 Å². The summed E-state index contributed by atoms with van der Waals surface area (Å²) in [7, 11) is -3.56. The Kier molecular flexibility index (Phi) is 4.95. The summed E-state index contributed by atoms with van der Waals surface area (Å²) in [5.41, 5.74) is 1.82. The van der Waals surface area contributed by atoms with E-state index in [0.29, 0.717) is 24.4 Å². The van der Waals surface area contributed by atoms with Gasteiger partial charge in [-0.15, -0.1) is 0 Å². The fourth-order valence-electron chi connectivity index (χ4n) is 3.57. The summed E-state index contributed by atoms with van der Waals surface area (Å²) in [6.45, 7) is 2.91. The number of amides is 1. The number of nitrogens with one attached hydrogen (secondary N) is 1. The highest BCUT2D eigenvalue weighted by Crippen LogP contribution is 2.27. The van der Waals surface area contributed by atoms with Crippen LogP contribution in [0.4, 0.5) is 5.69 Å². The third-order valence-corrected chi connectivity index (χ3v) is 6.99. The van der Waals surface area contributed by atoms with Crippen LogP contribution in [0, 0.1) is 6.92 Å². The van der Waals surface area contributed by atoms with Crippen molar-refractivity contribution in [3.63, 3.8) is 0 Å². The Balaban J connectivity index is 1.59. The second-order valence-electron chi connectivity index (χ2n) is 7.00. The van der Waals surface area contributed by atoms with E-state index in [0.717, 1.165) is 30.2 Å². The fourth-order valence-corrected chi connectivity index (χ4v) is 5.13. The maximum absolute atomic E-state index is 12.9. The van der Waals surface area contributed by atoms with Crippen LogP contribution in [0.1, 0.15) is 35.4 Å². The molecule has 146 valence electrons. The number of carbonyl (C=O) groups excluding carboxylic acids is 1. The van der Waals surface area contributed by atoms with E-state index in [2.05, 4.69) is 5.32 Å². The minimum absolute atomic E-state index is 0.188. The lowest BCUT2D eigenvalue weighted by Crippen LogP contribution is -2.35. The summed E-state index contributed by atoms with van der Waals surface area (Å²) in [4.78, 5) is 12.9. The summed E-state index contributed by atoms with van der Waals surface area (Å²) < 4.78 is 32.9. The number of sulfonamides is 1. The average Bonchev–Trinajstić information content (AvgIpc) is 3.06. The van der Waals surface area contributed by atoms with Crippen LogP contribution in [0.15, 0.2) is 57.8 Å². The SMILES string of the molecule is Cc1c(C(=O)Nc2cccc(S(=O)(=O)N3CCCCC3)c2)oc2ccccc12. The number of para-hydroxylation sites is 1. The van der Waals surface area contributed by atoms with Gasteiger partial charge in [-0.3, -0.25) is 4.79 Å². The first-order valence-electron chi connectivity index (χ1n) is 9.36. The Hall–Kier alpha value is -2.64. The van der Waals surface area contributed by atoms with Gasteiger partial charge in [-0.25, -0.2) is 8.42 Å². The van der Waals surface area contributed by atoms with Gasteiger partial charge in [0.2, 0.25) is 10.0 Å². The third kappa shape index (κ3) is 3.43. The van der Waals surface area contributed by atoms with Crippen molar-refractivity contribution >= 4 is 32.6 Å². The van der Waals surface area contributed by atoms with E-state index in [-0.39, 0.29) is 10.7 Å². The number of rotatable bonds is 4. The molecule has 2 aromatic carbocycles. The summed E-state index contributed by atoms with van der Waals surface area (Å²) in [6, 6.07) is 13.8. The molecular weight excluding hydrogens is 376 g/mol. The van der Waals surface area contributed by atoms with Crippen molar-refractivity contribution in [3.8, 4) is 0 Å². The lowest BCUT2D eigenvalue weighted by molar-refractivity contribution is 0.0998. The average molecular weight is 398 g/mol. The number of fused-ring (bicyclic) bond motifs is 1. The summed E-state index contributed by atoms with van der Waals surface area (Å²) in [5, 5.41) is 3.64. The number of benzene rings is 2. The second kappa shape index (κ2) is 7.41. The monoisotopic (exact) mass is 398 g/mol. The van der Waals surface area contributed by atoms with Crippen molar-refractivity contribution in [1.29, 1.82) is 0 Å². The van der Waals surface area contributed by atoms with E-state index < -0.39 is 15.9 Å². The Labute approximate surface area is 164 Å². The van der Waals surface area contributed by atoms with Crippen LogP contribution in [0.3, 0.4) is 0 Å². The Bertz CT molecular complexity index is 1130. The molecular formula is C21H22N2O4S. The molecule has 0 bridgehead atoms. The molecule has 1 aliphatic heterocycles. The molecule has 4 rings (SSSR count). The van der Waals surface area contributed by atoms with E-state index in [1.165, 1.54) is 10.4 Å². The van der Waals surface area contributed by atoms with Gasteiger partial charge in [-0.05, 0) is 44.0 Å². The molecule has 0 spiro atoms. The summed E-state index contributed by atoms with van der Waals surface area (Å²) in [6.07, 6.45) is 2.81. The Morgan fingerprint density at radius 2 is 1.79 bits per heavy atom. The maximum atomic E-state index is 12.9. The highest BCUT2D eigenvalue weighted by Gasteiger charge is 2.26. The minimum Gasteiger partial charge on any atom is -0.451 e. The largest absolute Gasteiger partial charge is 0.451 e. The van der Waals surface area contributed by atoms with Crippen molar-refractivity contribution in [3.05, 3.63) is 59.9 Å². The zero-order chi connectivity index (χ0) is 19.7. The van der Waals surface area contributed by atoms with Crippen molar-refractivity contribution in [2.75, 3.05) is 18.4 Å². The van der Waals surface area contributed by atoms with Gasteiger partial charge >= 0.3 is 0 Å². The van der Waals surface area contributed by atoms with Crippen molar-refractivity contribution in [2.45, 2.75) is 31.1 Å². The first kappa shape index (κ1) is 18.7. The lowest BCUT2D eigenvalue weighted by Gasteiger charge is -2.26. The smallest absolute Gasteiger partial charge is 0.291 e. The molecule has 3 aromatic rings. The molecule has 2 heterocycles. The Morgan fingerprint density at radius 3 is 2.54 bits per heavy atom. The molecule has 0 atom stereocenters. The molecule has 1 amide bonds. The van der Waals surface area contributed by atoms with Crippen LogP contribution in [0.25, 0.3) is 11.0 Å². The predicted octanol–water partition coefficient (Wildman–Crippen LogP) is 4.17. The van der Waals surface area contributed by atoms with Crippen molar-refractivity contribution in [1.82, 2.24) is 4.31 Å². The number of carbonyl (C=O) groups is 1. The highest BCUT2D eigenvalue weighted by atomic mass is 32.2. The standard InChI is InChI=1S/C21H22N2O4S/c1-15-18-10-3-4-11-19(18)27-20(15)21(24)22-16-8-7-9-17(14-16)28(25,26)23-12-5-2-6-13-23/h3-4,7-11,14H,2,5-6,12-13H2,1H3,(H,22,24). The number of aryl methyl sites for hydroxylation is 1. The highest BCUT2D eigenvalue weighted by molar-refractivity contribution is 7.89. The van der Waals surface area contributed by atoms with E-state index in [1.807, 2.05) is 31.2 Å². The molecule has 28 heavy (non-hydrogen) atoms. The molecule has 0 saturated carbocycles. The topological polar surface area (TPSA) is 79.6 Å². The van der Waals surface area contributed by atoms with Gasteiger partial charge in [0.05, 0.1) is 4.90 Å². The molecule has 7 heteroatoms. The zero-order valence-electron chi connectivity index (χ0n) is 15.6. The quantitative estimate of drug-likeness (QED) is 0.715. The van der Waals surface area contributed by atoms with Crippen LogP contribution in [0.5, 0.6) is 0 Å². The van der Waals surface area contributed by atoms with Crippen LogP contribution in [-0.2, 0) is 10.0 Å². The van der Waals surface area contributed by atoms with E-state index >= 15 is 0 Å². The number of nitrogens with zero attached hydrogens (tertiary/aromatic N) is 1. The summed E-state index contributed by atoms with van der Waals surface area (Å²) >= 11 is 0. The number of furan rings is 1. The first-order valence-corrected chi connectivity index (χ1v) is 10.8. The van der Waals surface area contributed by atoms with Gasteiger partial charge in [0.25, 0.3) is 5.91 Å². The molecule has 6 nitrogen and oxygen atoms in total. The predicted molar refractivity (Wildman–Crippen MR) is 108 cm³/mol. The van der Waals surface area contributed by atoms with Gasteiger partial charge in [-0.2, -0.15) is 4.31 Å². The zero-order valence-corrected chi connectivity index (χ0v) is 16.5. The van der Waals surface area contributed by atoms with Gasteiger partial charge in [0, 0.05) is 29.7 Å². The van der Waals surface area contributed by atoms with Gasteiger partial charge in [0.1, 0.15) is 5.58 Å². The molecule has 1 aromatic heterocycles. The van der Waals surface area contributed by atoms with E-state index in [1.54, 1.807) is 18.2 Å². The lowest BCUT2D eigenvalue weighted by atomic mass is 10.1. The van der Waals surface area contributed by atoms with Gasteiger partial charge < -0.3 is 9.73 Å². The third-order valence-electron chi connectivity index (χ3n) is 5.09. The number of anilines is 1. The van der Waals surface area contributed by atoms with E-state index in [4.69, 9.17) is 4.42 Å². The second-order valence-corrected chi connectivity index (χ2v) is 8.94. The molecule has 0 unspecified atom stereocenters. The summed E-state index contributed by atoms with van der Waals surface area (Å²) in [5.74, 6) is -0.174. The van der Waals surface area contributed by atoms with Crippen molar-refractivity contribution in [2.24, 2.45) is 0 Å². The molecule has 0 aliphatic carbocycles. The van der Waals surface area contributed by atoms with Crippen LogP contribution < -0.4 is 5.32 Å². The number of hydrogen-bond donors (Lipinski definition) is 1. The van der Waals surface area contributed by atoms with Gasteiger partial charge in [-0.1, -0.05) is 30.7 Å². The van der Waals surface area contributed by atoms with E-state index in [9.17, 15) is 13.2 Å². The molecule has 0 radical (unpaired) electrons. The molecule has 1 saturated heterocycles. The fraction of sp³-hybridized carbons (Fsp3) is 0.286. The van der Waals surface area contributed by atoms with Crippen LogP contribution in [0.2, 0.25) is 0 Å². The molecule has 1 aliphatic rings. The van der Waals surface area contributed by atoms with Crippen molar-refractivity contribution < 1.29 is 17.6 Å².